The summed E-state index contributed by atoms with van der Waals surface area (Å²) >= 11 is 9.23. The van der Waals surface area contributed by atoms with E-state index in [-0.39, 0.29) is 38.9 Å². The Morgan fingerprint density at radius 1 is 1.41 bits per heavy atom. The van der Waals surface area contributed by atoms with Gasteiger partial charge in [-0.25, -0.2) is 17.9 Å². The average molecular weight is 435 g/mol. The Bertz CT molecular complexity index is 819. The van der Waals surface area contributed by atoms with Crippen molar-refractivity contribution >= 4 is 61.1 Å². The molecule has 1 heterocycles. The number of nitrogens with one attached hydrogen (secondary N) is 3. The van der Waals surface area contributed by atoms with Crippen LogP contribution in [-0.2, 0) is 10.0 Å². The molecule has 0 atom stereocenters. The number of hydrogen-bond donors (Lipinski definition) is 3. The van der Waals surface area contributed by atoms with E-state index in [1.807, 2.05) is 0 Å². The van der Waals surface area contributed by atoms with Gasteiger partial charge in [0.2, 0.25) is 10.0 Å². The third-order valence-electron chi connectivity index (χ3n) is 2.73. The van der Waals surface area contributed by atoms with Crippen molar-refractivity contribution in [3.05, 3.63) is 26.1 Å². The van der Waals surface area contributed by atoms with Gasteiger partial charge in [-0.05, 0) is 42.0 Å². The molecule has 0 aliphatic heterocycles. The highest BCUT2D eigenvalue weighted by Gasteiger charge is 2.25. The fourth-order valence-electron chi connectivity index (χ4n) is 1.80. The van der Waals surface area contributed by atoms with E-state index in [4.69, 9.17) is 16.0 Å². The van der Waals surface area contributed by atoms with E-state index < -0.39 is 15.8 Å². The van der Waals surface area contributed by atoms with Crippen LogP contribution < -0.4 is 15.8 Å². The number of benzene rings is 1. The summed E-state index contributed by atoms with van der Waals surface area (Å²) in [5.41, 5.74) is 0.339. The summed E-state index contributed by atoms with van der Waals surface area (Å²) < 4.78 is 32.2. The highest BCUT2D eigenvalue weighted by atomic mass is 79.9. The molecule has 0 aliphatic carbocycles. The number of hydrogen-bond acceptors (Lipinski definition) is 5. The molecule has 0 fully saturated rings. The van der Waals surface area contributed by atoms with E-state index >= 15 is 0 Å². The Morgan fingerprint density at radius 2 is 2.09 bits per heavy atom. The first-order valence-corrected chi connectivity index (χ1v) is 8.67. The van der Waals surface area contributed by atoms with E-state index in [1.165, 1.54) is 6.07 Å². The lowest BCUT2D eigenvalue weighted by Crippen LogP contribution is -2.27. The van der Waals surface area contributed by atoms with E-state index in [0.29, 0.717) is 18.5 Å². The van der Waals surface area contributed by atoms with Crippen LogP contribution in [0.4, 0.5) is 0 Å². The fraction of sp³-hybridized carbons (Fsp3) is 0.364. The number of fused-ring (bicyclic) bond motifs is 1. The summed E-state index contributed by atoms with van der Waals surface area (Å²) in [7, 11) is -2.04. The average Bonchev–Trinajstić information content (AvgIpc) is 2.75. The lowest BCUT2D eigenvalue weighted by atomic mass is 10.3. The summed E-state index contributed by atoms with van der Waals surface area (Å²) in [6, 6.07) is 1.44. The molecule has 0 unspecified atom stereocenters. The smallest absolute Gasteiger partial charge is 0.406 e. The molecule has 2 rings (SSSR count). The number of rotatable bonds is 6. The van der Waals surface area contributed by atoms with Gasteiger partial charge in [-0.1, -0.05) is 11.6 Å². The van der Waals surface area contributed by atoms with Crippen molar-refractivity contribution in [2.45, 2.75) is 11.3 Å². The maximum atomic E-state index is 12.3. The maximum absolute atomic E-state index is 12.3. The molecule has 0 spiro atoms. The standard InChI is InChI=1S/C11H13BrClN3O4S.ClH/c1-14-3-2-4-15-21(18,19)10-6(12)5-7-9(8(10)13)20-11(17)16-7;/h5,14-15H,2-4H2,1H3,(H,16,17);1H. The Morgan fingerprint density at radius 3 is 2.73 bits per heavy atom. The minimum absolute atomic E-state index is 0. The summed E-state index contributed by atoms with van der Waals surface area (Å²) in [5, 5.41) is 2.78. The second-order valence-corrected chi connectivity index (χ2v) is 7.18. The molecule has 0 amide bonds. The zero-order valence-corrected chi connectivity index (χ0v) is 15.4. The molecule has 2 aromatic rings. The number of aromatic amines is 1. The number of H-pyrrole nitrogens is 1. The molecule has 3 N–H and O–H groups in total. The zero-order valence-electron chi connectivity index (χ0n) is 11.4. The molecule has 1 aromatic carbocycles. The first-order chi connectivity index (χ1) is 9.86. The minimum atomic E-state index is -3.82. The van der Waals surface area contributed by atoms with Crippen LogP contribution in [0.15, 0.2) is 24.6 Å². The molecule has 0 saturated carbocycles. The quantitative estimate of drug-likeness (QED) is 0.601. The molecule has 7 nitrogen and oxygen atoms in total. The van der Waals surface area contributed by atoms with Crippen LogP contribution in [0, 0.1) is 0 Å². The van der Waals surface area contributed by atoms with E-state index in [1.54, 1.807) is 7.05 Å². The van der Waals surface area contributed by atoms with Gasteiger partial charge in [0.15, 0.2) is 5.58 Å². The van der Waals surface area contributed by atoms with Crippen molar-refractivity contribution in [2.75, 3.05) is 20.1 Å². The van der Waals surface area contributed by atoms with Gasteiger partial charge in [0, 0.05) is 11.0 Å². The van der Waals surface area contributed by atoms with E-state index in [2.05, 4.69) is 31.0 Å². The Balaban J connectivity index is 0.00000242. The van der Waals surface area contributed by atoms with Gasteiger partial charge in [-0.2, -0.15) is 0 Å². The summed E-state index contributed by atoms with van der Waals surface area (Å²) in [6.07, 6.45) is 0.631. The fourth-order valence-corrected chi connectivity index (χ4v) is 4.72. The van der Waals surface area contributed by atoms with Gasteiger partial charge >= 0.3 is 5.76 Å². The molecule has 11 heteroatoms. The molecule has 0 saturated heterocycles. The molecule has 22 heavy (non-hydrogen) atoms. The summed E-state index contributed by atoms with van der Waals surface area (Å²) in [5.74, 6) is -0.699. The summed E-state index contributed by atoms with van der Waals surface area (Å²) in [6.45, 7) is 0.949. The molecule has 0 bridgehead atoms. The van der Waals surface area contributed by atoms with Gasteiger partial charge in [-0.3, -0.25) is 4.98 Å². The lowest BCUT2D eigenvalue weighted by molar-refractivity contribution is 0.553. The molecular formula is C11H14BrCl2N3O4S. The molecule has 124 valence electrons. The Labute approximate surface area is 146 Å². The van der Waals surface area contributed by atoms with Crippen LogP contribution in [0.1, 0.15) is 6.42 Å². The predicted octanol–water partition coefficient (Wildman–Crippen LogP) is 1.85. The largest absolute Gasteiger partial charge is 0.417 e. The van der Waals surface area contributed by atoms with Gasteiger partial charge in [0.1, 0.15) is 9.92 Å². The van der Waals surface area contributed by atoms with E-state index in [9.17, 15) is 13.2 Å². The lowest BCUT2D eigenvalue weighted by Gasteiger charge is -2.10. The predicted molar refractivity (Wildman–Crippen MR) is 90.5 cm³/mol. The monoisotopic (exact) mass is 433 g/mol. The van der Waals surface area contributed by atoms with Crippen molar-refractivity contribution in [3.8, 4) is 0 Å². The minimum Gasteiger partial charge on any atom is -0.406 e. The van der Waals surface area contributed by atoms with Crippen LogP contribution in [0.3, 0.4) is 0 Å². The Hall–Kier alpha value is -0.580. The molecule has 1 aromatic heterocycles. The van der Waals surface area contributed by atoms with Gasteiger partial charge in [0.25, 0.3) is 0 Å². The highest BCUT2D eigenvalue weighted by molar-refractivity contribution is 9.10. The first-order valence-electron chi connectivity index (χ1n) is 6.02. The highest BCUT2D eigenvalue weighted by Crippen LogP contribution is 2.35. The molecular weight excluding hydrogens is 421 g/mol. The van der Waals surface area contributed by atoms with Crippen molar-refractivity contribution in [2.24, 2.45) is 0 Å². The van der Waals surface area contributed by atoms with Crippen molar-refractivity contribution in [3.63, 3.8) is 0 Å². The normalized spacial score (nSPS) is 11.6. The maximum Gasteiger partial charge on any atom is 0.417 e. The third-order valence-corrected chi connectivity index (χ3v) is 5.63. The molecule has 0 aliphatic rings. The van der Waals surface area contributed by atoms with Crippen LogP contribution in [-0.4, -0.2) is 33.5 Å². The van der Waals surface area contributed by atoms with E-state index in [0.717, 1.165) is 0 Å². The summed E-state index contributed by atoms with van der Waals surface area (Å²) in [4.78, 5) is 13.5. The number of aromatic nitrogens is 1. The SMILES string of the molecule is CNCCCNS(=O)(=O)c1c(Br)cc2[nH]c(=O)oc2c1Cl.Cl. The number of oxazole rings is 1. The van der Waals surface area contributed by atoms with Gasteiger partial charge in [0.05, 0.1) is 5.52 Å². The third kappa shape index (κ3) is 4.03. The van der Waals surface area contributed by atoms with Crippen LogP contribution in [0.2, 0.25) is 5.02 Å². The van der Waals surface area contributed by atoms with Crippen LogP contribution in [0.25, 0.3) is 11.1 Å². The first kappa shape index (κ1) is 19.5. The second kappa shape index (κ2) is 7.80. The molecule has 0 radical (unpaired) electrons. The number of sulfonamides is 1. The van der Waals surface area contributed by atoms with Gasteiger partial charge in [-0.15, -0.1) is 12.4 Å². The topological polar surface area (TPSA) is 104 Å². The van der Waals surface area contributed by atoms with Crippen molar-refractivity contribution in [1.82, 2.24) is 15.0 Å². The van der Waals surface area contributed by atoms with Crippen LogP contribution in [0.5, 0.6) is 0 Å². The van der Waals surface area contributed by atoms with Crippen LogP contribution >= 0.6 is 39.9 Å². The van der Waals surface area contributed by atoms with Crippen molar-refractivity contribution < 1.29 is 12.8 Å². The zero-order chi connectivity index (χ0) is 15.6. The Kier molecular flexibility index (Phi) is 6.90. The van der Waals surface area contributed by atoms with Gasteiger partial charge < -0.3 is 9.73 Å². The van der Waals surface area contributed by atoms with Crippen molar-refractivity contribution in [1.29, 1.82) is 0 Å². The number of halogens is 3. The second-order valence-electron chi connectivity index (χ2n) is 4.25.